The van der Waals surface area contributed by atoms with E-state index in [1.54, 1.807) is 30.3 Å². The van der Waals surface area contributed by atoms with Crippen molar-refractivity contribution in [3.05, 3.63) is 52.5 Å². The van der Waals surface area contributed by atoms with Crippen molar-refractivity contribution in [2.24, 2.45) is 0 Å². The number of benzene rings is 2. The molecule has 5 heteroatoms. The lowest BCUT2D eigenvalue weighted by Crippen LogP contribution is -2.11. The van der Waals surface area contributed by atoms with Crippen LogP contribution >= 0.6 is 15.9 Å². The van der Waals surface area contributed by atoms with E-state index in [9.17, 15) is 4.79 Å². The van der Waals surface area contributed by atoms with E-state index in [1.165, 1.54) is 0 Å². The zero-order valence-electron chi connectivity index (χ0n) is 10.5. The van der Waals surface area contributed by atoms with Crippen molar-refractivity contribution in [1.29, 1.82) is 0 Å². The lowest BCUT2D eigenvalue weighted by Gasteiger charge is -2.06. The van der Waals surface area contributed by atoms with Gasteiger partial charge in [-0.15, -0.1) is 0 Å². The molecule has 0 saturated carbocycles. The highest BCUT2D eigenvalue weighted by Gasteiger charge is 2.14. The van der Waals surface area contributed by atoms with Gasteiger partial charge in [-0.1, -0.05) is 28.1 Å². The van der Waals surface area contributed by atoms with Gasteiger partial charge in [0, 0.05) is 16.1 Å². The fraction of sp³-hybridized carbons (Fsp3) is 0.133. The molecule has 0 N–H and O–H groups in total. The third-order valence-electron chi connectivity index (χ3n) is 2.86. The molecule has 0 atom stereocenters. The minimum atomic E-state index is -0.0797. The summed E-state index contributed by atoms with van der Waals surface area (Å²) in [6.07, 6.45) is 0. The topological polar surface area (TPSA) is 44.8 Å². The number of fused-ring (bicyclic) bond motifs is 1. The predicted octanol–water partition coefficient (Wildman–Crippen LogP) is 3.44. The second-order valence-electron chi connectivity index (χ2n) is 4.24. The van der Waals surface area contributed by atoms with Gasteiger partial charge in [0.25, 0.3) is 0 Å². The van der Waals surface area contributed by atoms with Gasteiger partial charge in [-0.05, 0) is 24.3 Å². The Morgan fingerprint density at radius 1 is 1.15 bits per heavy atom. The second-order valence-corrected chi connectivity index (χ2v) is 5.15. The molecule has 0 unspecified atom stereocenters. The highest BCUT2D eigenvalue weighted by atomic mass is 79.9. The van der Waals surface area contributed by atoms with Crippen molar-refractivity contribution in [2.75, 3.05) is 13.4 Å². The second kappa shape index (κ2) is 5.54. The Morgan fingerprint density at radius 3 is 2.85 bits per heavy atom. The first kappa shape index (κ1) is 13.0. The fourth-order valence-corrected chi connectivity index (χ4v) is 2.26. The van der Waals surface area contributed by atoms with Crippen LogP contribution in [0.2, 0.25) is 0 Å². The Balaban J connectivity index is 1.66. The Bertz CT molecular complexity index is 654. The van der Waals surface area contributed by atoms with Gasteiger partial charge >= 0.3 is 0 Å². The summed E-state index contributed by atoms with van der Waals surface area (Å²) in [4.78, 5) is 12.0. The Hall–Kier alpha value is -2.01. The van der Waals surface area contributed by atoms with Gasteiger partial charge in [0.2, 0.25) is 6.79 Å². The quantitative estimate of drug-likeness (QED) is 0.803. The number of Topliss-reactive ketones (excluding diaryl/α,β-unsaturated/α-hetero) is 1. The smallest absolute Gasteiger partial charge is 0.231 e. The summed E-state index contributed by atoms with van der Waals surface area (Å²) in [6.45, 7) is 0.200. The molecule has 0 bridgehead atoms. The van der Waals surface area contributed by atoms with Crippen LogP contribution in [-0.2, 0) is 0 Å². The van der Waals surface area contributed by atoms with Crippen molar-refractivity contribution in [1.82, 2.24) is 0 Å². The highest BCUT2D eigenvalue weighted by molar-refractivity contribution is 9.10. The molecular weight excluding hydrogens is 324 g/mol. The molecule has 20 heavy (non-hydrogen) atoms. The van der Waals surface area contributed by atoms with Gasteiger partial charge in [0.05, 0.1) is 0 Å². The summed E-state index contributed by atoms with van der Waals surface area (Å²) in [5.74, 6) is 1.83. The number of carbonyl (C=O) groups excluding carboxylic acids is 1. The van der Waals surface area contributed by atoms with Gasteiger partial charge in [-0.3, -0.25) is 4.79 Å². The number of ketones is 1. The number of hydrogen-bond donors (Lipinski definition) is 0. The first-order valence-corrected chi connectivity index (χ1v) is 6.83. The van der Waals surface area contributed by atoms with Crippen LogP contribution in [-0.4, -0.2) is 19.2 Å². The van der Waals surface area contributed by atoms with E-state index < -0.39 is 0 Å². The van der Waals surface area contributed by atoms with Crippen molar-refractivity contribution >= 4 is 21.7 Å². The zero-order valence-corrected chi connectivity index (χ0v) is 12.1. The molecule has 0 fully saturated rings. The standard InChI is InChI=1S/C15H11BrO4/c16-11-3-1-2-10(6-11)13(17)8-18-12-4-5-14-15(7-12)20-9-19-14/h1-7H,8-9H2. The third kappa shape index (κ3) is 2.77. The highest BCUT2D eigenvalue weighted by Crippen LogP contribution is 2.35. The first-order chi connectivity index (χ1) is 9.72. The molecule has 2 aromatic rings. The number of halogens is 1. The first-order valence-electron chi connectivity index (χ1n) is 6.03. The van der Waals surface area contributed by atoms with Crippen LogP contribution < -0.4 is 14.2 Å². The van der Waals surface area contributed by atoms with E-state index in [-0.39, 0.29) is 19.2 Å². The number of hydrogen-bond acceptors (Lipinski definition) is 4. The van der Waals surface area contributed by atoms with Crippen LogP contribution in [0.1, 0.15) is 10.4 Å². The maximum Gasteiger partial charge on any atom is 0.231 e. The van der Waals surface area contributed by atoms with Crippen LogP contribution in [0.25, 0.3) is 0 Å². The number of rotatable bonds is 4. The van der Waals surface area contributed by atoms with Gasteiger partial charge in [0.1, 0.15) is 5.75 Å². The molecule has 3 rings (SSSR count). The third-order valence-corrected chi connectivity index (χ3v) is 3.35. The Labute approximate surface area is 124 Å². The van der Waals surface area contributed by atoms with Crippen LogP contribution in [0.3, 0.4) is 0 Å². The summed E-state index contributed by atoms with van der Waals surface area (Å²) in [5.41, 5.74) is 0.611. The molecule has 0 spiro atoms. The van der Waals surface area contributed by atoms with Crippen molar-refractivity contribution in [3.63, 3.8) is 0 Å². The molecule has 0 saturated heterocycles. The number of carbonyl (C=O) groups is 1. The Kier molecular flexibility index (Phi) is 3.60. The maximum absolute atomic E-state index is 12.0. The van der Waals surface area contributed by atoms with E-state index in [4.69, 9.17) is 14.2 Å². The molecule has 102 valence electrons. The van der Waals surface area contributed by atoms with Gasteiger partial charge in [-0.25, -0.2) is 0 Å². The molecular formula is C15H11BrO4. The molecule has 0 amide bonds. The van der Waals surface area contributed by atoms with Crippen molar-refractivity contribution < 1.29 is 19.0 Å². The summed E-state index contributed by atoms with van der Waals surface area (Å²) in [5, 5.41) is 0. The largest absolute Gasteiger partial charge is 0.485 e. The van der Waals surface area contributed by atoms with E-state index in [0.29, 0.717) is 22.8 Å². The van der Waals surface area contributed by atoms with E-state index >= 15 is 0 Å². The van der Waals surface area contributed by atoms with Gasteiger partial charge in [0.15, 0.2) is 23.9 Å². The van der Waals surface area contributed by atoms with Crippen LogP contribution in [0, 0.1) is 0 Å². The van der Waals surface area contributed by atoms with E-state index in [2.05, 4.69) is 15.9 Å². The molecule has 0 radical (unpaired) electrons. The maximum atomic E-state index is 12.0. The molecule has 1 aliphatic rings. The van der Waals surface area contributed by atoms with E-state index in [1.807, 2.05) is 12.1 Å². The molecule has 0 aromatic heterocycles. The fourth-order valence-electron chi connectivity index (χ4n) is 1.86. The molecule has 1 aliphatic heterocycles. The summed E-state index contributed by atoms with van der Waals surface area (Å²) < 4.78 is 16.8. The molecule has 1 heterocycles. The van der Waals surface area contributed by atoms with Gasteiger partial charge < -0.3 is 14.2 Å². The summed E-state index contributed by atoms with van der Waals surface area (Å²) in [6, 6.07) is 12.5. The number of ether oxygens (including phenoxy) is 3. The van der Waals surface area contributed by atoms with Crippen LogP contribution in [0.4, 0.5) is 0 Å². The SMILES string of the molecule is O=C(COc1ccc2c(c1)OCO2)c1cccc(Br)c1. The normalized spacial score (nSPS) is 12.2. The Morgan fingerprint density at radius 2 is 2.00 bits per heavy atom. The lowest BCUT2D eigenvalue weighted by atomic mass is 10.1. The molecule has 2 aromatic carbocycles. The monoisotopic (exact) mass is 334 g/mol. The summed E-state index contributed by atoms with van der Waals surface area (Å²) >= 11 is 3.34. The van der Waals surface area contributed by atoms with Crippen molar-refractivity contribution in [2.45, 2.75) is 0 Å². The summed E-state index contributed by atoms with van der Waals surface area (Å²) in [7, 11) is 0. The van der Waals surface area contributed by atoms with Gasteiger partial charge in [-0.2, -0.15) is 0 Å². The van der Waals surface area contributed by atoms with Crippen LogP contribution in [0.5, 0.6) is 17.2 Å². The van der Waals surface area contributed by atoms with Crippen LogP contribution in [0.15, 0.2) is 46.9 Å². The molecule has 0 aliphatic carbocycles. The zero-order chi connectivity index (χ0) is 13.9. The molecule has 4 nitrogen and oxygen atoms in total. The van der Waals surface area contributed by atoms with Crippen molar-refractivity contribution in [3.8, 4) is 17.2 Å². The average molecular weight is 335 g/mol. The lowest BCUT2D eigenvalue weighted by molar-refractivity contribution is 0.0921. The van der Waals surface area contributed by atoms with E-state index in [0.717, 1.165) is 4.47 Å². The average Bonchev–Trinajstić information content (AvgIpc) is 2.92. The minimum absolute atomic E-state index is 0.0178. The predicted molar refractivity (Wildman–Crippen MR) is 76.5 cm³/mol. The minimum Gasteiger partial charge on any atom is -0.485 e.